The molecule has 55 valence electrons. The summed E-state index contributed by atoms with van der Waals surface area (Å²) in [4.78, 5) is 0. The molecule has 0 fully saturated rings. The molecule has 0 rings (SSSR count). The summed E-state index contributed by atoms with van der Waals surface area (Å²) >= 11 is 0. The van der Waals surface area contributed by atoms with Crippen molar-refractivity contribution in [1.29, 1.82) is 0 Å². The standard InChI is InChI=1S/3C3H5.Nd/c3*1-3-2;/h3*3H,1-2H2;. The van der Waals surface area contributed by atoms with Gasteiger partial charge in [-0.05, 0) is 20.8 Å². The van der Waals surface area contributed by atoms with E-state index in [0.717, 1.165) is 0 Å². The number of hydrogen-bond acceptors (Lipinski definition) is 0. The maximum Gasteiger partial charge on any atom is 0 e. The van der Waals surface area contributed by atoms with E-state index < -0.39 is 0 Å². The van der Waals surface area contributed by atoms with Crippen LogP contribution in [0.1, 0.15) is 0 Å². The fourth-order valence-corrected chi connectivity index (χ4v) is 0. The molecule has 0 heterocycles. The minimum atomic E-state index is 0. The Kier molecular flexibility index (Phi) is 124. The second-order valence-corrected chi connectivity index (χ2v) is 0.866. The Hall–Kier alpha value is 0.571. The van der Waals surface area contributed by atoms with Crippen molar-refractivity contribution in [2.45, 2.75) is 0 Å². The van der Waals surface area contributed by atoms with Gasteiger partial charge in [0.1, 0.15) is 0 Å². The van der Waals surface area contributed by atoms with Crippen molar-refractivity contribution in [2.75, 3.05) is 0 Å². The van der Waals surface area contributed by atoms with E-state index in [1.54, 1.807) is 0 Å². The van der Waals surface area contributed by atoms with E-state index in [2.05, 4.69) is 40.5 Å². The van der Waals surface area contributed by atoms with Gasteiger partial charge in [-0.1, -0.05) is 18.2 Å². The van der Waals surface area contributed by atoms with Crippen molar-refractivity contribution in [3.63, 3.8) is 0 Å². The monoisotopic (exact) mass is 265 g/mol. The molecule has 0 aliphatic rings. The van der Waals surface area contributed by atoms with E-state index in [1.165, 1.54) is 18.2 Å². The molecule has 0 atom stereocenters. The fraction of sp³-hybridized carbons (Fsp3) is 0. The van der Waals surface area contributed by atoms with Crippen LogP contribution in [0.25, 0.3) is 0 Å². The molecule has 0 aliphatic heterocycles. The Bertz CT molecular complexity index is 41.5. The van der Waals surface area contributed by atoms with Gasteiger partial charge in [0, 0.05) is 40.8 Å². The number of allylic oxidation sites excluding steroid dienone is 3. The van der Waals surface area contributed by atoms with Crippen molar-refractivity contribution in [2.24, 2.45) is 0 Å². The van der Waals surface area contributed by atoms with Crippen LogP contribution in [0, 0.1) is 61.6 Å². The summed E-state index contributed by atoms with van der Waals surface area (Å²) in [6.07, 6.45) is 4.50. The summed E-state index contributed by atoms with van der Waals surface area (Å²) in [5, 5.41) is 0. The molecule has 0 saturated heterocycles. The minimum absolute atomic E-state index is 0. The van der Waals surface area contributed by atoms with Crippen molar-refractivity contribution in [1.82, 2.24) is 0 Å². The van der Waals surface area contributed by atoms with Crippen LogP contribution in [0.5, 0.6) is 0 Å². The Morgan fingerprint density at radius 3 is 0.600 bits per heavy atom. The van der Waals surface area contributed by atoms with Gasteiger partial charge in [0.25, 0.3) is 0 Å². The molecule has 0 aliphatic carbocycles. The molecular formula is C9H15Nd. The summed E-state index contributed by atoms with van der Waals surface area (Å²) in [5.74, 6) is 0. The second kappa shape index (κ2) is 55.1. The van der Waals surface area contributed by atoms with Crippen LogP contribution in [0.2, 0.25) is 0 Å². The first-order valence-electron chi connectivity index (χ1n) is 2.45. The van der Waals surface area contributed by atoms with Crippen LogP contribution < -0.4 is 0 Å². The minimum Gasteiger partial charge on any atom is -0.103 e. The first-order valence-corrected chi connectivity index (χ1v) is 2.45. The molecule has 0 unspecified atom stereocenters. The topological polar surface area (TPSA) is 0 Å². The molecule has 3 radical (unpaired) electrons. The molecule has 0 aromatic carbocycles. The smallest absolute Gasteiger partial charge is 0 e. The van der Waals surface area contributed by atoms with Gasteiger partial charge in [0.15, 0.2) is 0 Å². The molecule has 10 heavy (non-hydrogen) atoms. The van der Waals surface area contributed by atoms with E-state index >= 15 is 0 Å². The third-order valence-corrected chi connectivity index (χ3v) is 0. The molecule has 0 nitrogen and oxygen atoms in total. The van der Waals surface area contributed by atoms with Crippen molar-refractivity contribution in [3.05, 3.63) is 58.7 Å². The summed E-state index contributed by atoms with van der Waals surface area (Å²) in [6, 6.07) is 0. The van der Waals surface area contributed by atoms with Crippen LogP contribution in [-0.2, 0) is 0 Å². The SMILES string of the molecule is [CH2]C=C.[CH2]C=C.[CH2]C=C.[Nd]. The predicted molar refractivity (Wildman–Crippen MR) is 46.7 cm³/mol. The van der Waals surface area contributed by atoms with Crippen molar-refractivity contribution >= 4 is 0 Å². The summed E-state index contributed by atoms with van der Waals surface area (Å²) in [7, 11) is 0. The molecule has 0 bridgehead atoms. The van der Waals surface area contributed by atoms with Crippen LogP contribution in [0.4, 0.5) is 0 Å². The number of rotatable bonds is 0. The Morgan fingerprint density at radius 1 is 0.600 bits per heavy atom. The van der Waals surface area contributed by atoms with Crippen molar-refractivity contribution in [3.8, 4) is 0 Å². The van der Waals surface area contributed by atoms with Gasteiger partial charge in [-0.3, -0.25) is 0 Å². The molecule has 0 aromatic rings. The van der Waals surface area contributed by atoms with E-state index in [0.29, 0.717) is 0 Å². The fourth-order valence-electron chi connectivity index (χ4n) is 0. The Labute approximate surface area is 98.6 Å². The summed E-state index contributed by atoms with van der Waals surface area (Å²) < 4.78 is 0. The van der Waals surface area contributed by atoms with Gasteiger partial charge < -0.3 is 0 Å². The van der Waals surface area contributed by atoms with Crippen LogP contribution >= 0.6 is 0 Å². The average molecular weight is 267 g/mol. The number of hydrogen-bond donors (Lipinski definition) is 0. The molecular weight excluding hydrogens is 252 g/mol. The molecule has 0 N–H and O–H groups in total. The maximum atomic E-state index is 3.25. The zero-order valence-electron chi connectivity index (χ0n) is 6.47. The third kappa shape index (κ3) is 1510. The Morgan fingerprint density at radius 2 is 0.600 bits per heavy atom. The van der Waals surface area contributed by atoms with Gasteiger partial charge >= 0.3 is 0 Å². The predicted octanol–water partition coefficient (Wildman–Crippen LogP) is 3.02. The van der Waals surface area contributed by atoms with E-state index in [1.807, 2.05) is 0 Å². The largest absolute Gasteiger partial charge is 0.103 e. The third-order valence-electron chi connectivity index (χ3n) is 0. The van der Waals surface area contributed by atoms with E-state index in [4.69, 9.17) is 0 Å². The first-order chi connectivity index (χ1) is 4.24. The zero-order chi connectivity index (χ0) is 8.12. The van der Waals surface area contributed by atoms with Gasteiger partial charge in [0.2, 0.25) is 0 Å². The molecule has 0 aromatic heterocycles. The normalized spacial score (nSPS) is 3.90. The molecule has 0 amide bonds. The van der Waals surface area contributed by atoms with Crippen LogP contribution in [0.15, 0.2) is 38.0 Å². The zero-order valence-corrected chi connectivity index (χ0v) is 9.68. The van der Waals surface area contributed by atoms with Crippen LogP contribution in [0.3, 0.4) is 0 Å². The molecule has 0 saturated carbocycles. The first kappa shape index (κ1) is 22.4. The van der Waals surface area contributed by atoms with E-state index in [-0.39, 0.29) is 40.8 Å². The van der Waals surface area contributed by atoms with Gasteiger partial charge in [-0.2, -0.15) is 0 Å². The summed E-state index contributed by atoms with van der Waals surface area (Å²) in [6.45, 7) is 19.5. The van der Waals surface area contributed by atoms with Crippen molar-refractivity contribution < 1.29 is 40.8 Å². The quantitative estimate of drug-likeness (QED) is 0.633. The van der Waals surface area contributed by atoms with Gasteiger partial charge in [-0.15, -0.1) is 19.7 Å². The maximum absolute atomic E-state index is 3.25. The molecule has 1 heteroatoms. The second-order valence-electron chi connectivity index (χ2n) is 0.866. The van der Waals surface area contributed by atoms with Crippen LogP contribution in [-0.4, -0.2) is 0 Å². The average Bonchev–Trinajstić information content (AvgIpc) is 1.70. The van der Waals surface area contributed by atoms with Gasteiger partial charge in [-0.25, -0.2) is 0 Å². The summed E-state index contributed by atoms with van der Waals surface area (Å²) in [5.41, 5.74) is 0. The van der Waals surface area contributed by atoms with E-state index in [9.17, 15) is 0 Å². The molecule has 0 spiro atoms. The van der Waals surface area contributed by atoms with Gasteiger partial charge in [0.05, 0.1) is 0 Å². The Balaban J connectivity index is -0.0000000257.